The van der Waals surface area contributed by atoms with E-state index in [1.54, 1.807) is 7.11 Å². The third-order valence-corrected chi connectivity index (χ3v) is 3.84. The zero-order valence-corrected chi connectivity index (χ0v) is 12.5. The molecule has 3 rings (SSSR count). The average molecular weight is 271 g/mol. The van der Waals surface area contributed by atoms with Crippen molar-refractivity contribution in [3.8, 4) is 5.75 Å². The fraction of sp³-hybridized carbons (Fsp3) is 0.438. The number of nitrogens with zero attached hydrogens (tertiary/aromatic N) is 2. The number of aliphatic imine (C=N–C) groups is 1. The van der Waals surface area contributed by atoms with Gasteiger partial charge in [0.15, 0.2) is 0 Å². The van der Waals surface area contributed by atoms with Crippen LogP contribution in [0.25, 0.3) is 0 Å². The molecule has 0 aromatic heterocycles. The van der Waals surface area contributed by atoms with E-state index in [9.17, 15) is 0 Å². The molecule has 2 aliphatic rings. The van der Waals surface area contributed by atoms with Crippen LogP contribution >= 0.6 is 0 Å². The van der Waals surface area contributed by atoms with Gasteiger partial charge in [-0.15, -0.1) is 0 Å². The third kappa shape index (κ3) is 1.91. The van der Waals surface area contributed by atoms with E-state index in [1.165, 1.54) is 5.70 Å². The van der Waals surface area contributed by atoms with E-state index in [-0.39, 0.29) is 5.54 Å². The molecule has 4 heteroatoms. The summed E-state index contributed by atoms with van der Waals surface area (Å²) >= 11 is 0. The second-order valence-electron chi connectivity index (χ2n) is 5.78. The molecule has 105 valence electrons. The minimum Gasteiger partial charge on any atom is -0.497 e. The van der Waals surface area contributed by atoms with Crippen molar-refractivity contribution in [2.75, 3.05) is 12.4 Å². The lowest BCUT2D eigenvalue weighted by molar-refractivity contribution is 0.414. The van der Waals surface area contributed by atoms with E-state index in [1.807, 2.05) is 12.3 Å². The predicted molar refractivity (Wildman–Crippen MR) is 82.9 cm³/mol. The number of hydrogen-bond donors (Lipinski definition) is 1. The predicted octanol–water partition coefficient (Wildman–Crippen LogP) is 3.72. The molecular formula is C16H21N3O+. The molecule has 1 N–H and O–H groups in total. The molecule has 0 amide bonds. The van der Waals surface area contributed by atoms with Gasteiger partial charge in [-0.3, -0.25) is 0 Å². The Morgan fingerprint density at radius 2 is 2.15 bits per heavy atom. The number of hydrogen-bond acceptors (Lipinski definition) is 4. The van der Waals surface area contributed by atoms with Crippen LogP contribution in [0.15, 0.2) is 35.1 Å². The lowest BCUT2D eigenvalue weighted by atomic mass is 9.95. The van der Waals surface area contributed by atoms with Crippen molar-refractivity contribution >= 4 is 17.2 Å². The fourth-order valence-electron chi connectivity index (χ4n) is 2.83. The minimum atomic E-state index is -0.124. The first kappa shape index (κ1) is 13.2. The van der Waals surface area contributed by atoms with Gasteiger partial charge in [0.25, 0.3) is 5.84 Å². The summed E-state index contributed by atoms with van der Waals surface area (Å²) in [6.07, 6.45) is 4.05. The molecule has 20 heavy (non-hydrogen) atoms. The van der Waals surface area contributed by atoms with Gasteiger partial charge in [0.2, 0.25) is 11.4 Å². The molecule has 4 nitrogen and oxygen atoms in total. The lowest BCUT2D eigenvalue weighted by Crippen LogP contribution is -2.47. The van der Waals surface area contributed by atoms with Crippen LogP contribution in [0.5, 0.6) is 5.75 Å². The molecular weight excluding hydrogens is 250 g/mol. The number of methoxy groups -OCH3 is 1. The van der Waals surface area contributed by atoms with Gasteiger partial charge in [-0.05, 0) is 37.3 Å². The fourth-order valence-corrected chi connectivity index (χ4v) is 2.83. The van der Waals surface area contributed by atoms with Crippen LogP contribution in [0.2, 0.25) is 0 Å². The summed E-state index contributed by atoms with van der Waals surface area (Å²) in [5.41, 5.74) is 3.32. The Labute approximate surface area is 120 Å². The molecule has 0 fully saturated rings. The molecule has 0 atom stereocenters. The summed E-state index contributed by atoms with van der Waals surface area (Å²) in [7, 11) is 1.70. The van der Waals surface area contributed by atoms with E-state index in [4.69, 9.17) is 4.74 Å². The molecule has 0 aliphatic carbocycles. The Bertz CT molecular complexity index is 602. The Morgan fingerprint density at radius 1 is 1.35 bits per heavy atom. The molecule has 0 spiro atoms. The number of rotatable bonds is 3. The average Bonchev–Trinajstić information content (AvgIpc) is 2.84. The summed E-state index contributed by atoms with van der Waals surface area (Å²) in [5, 5.41) is 3.58. The third-order valence-electron chi connectivity index (χ3n) is 3.84. The first-order chi connectivity index (χ1) is 9.56. The largest absolute Gasteiger partial charge is 0.497 e. The zero-order valence-electron chi connectivity index (χ0n) is 12.5. The summed E-state index contributed by atoms with van der Waals surface area (Å²) in [5.74, 6) is 1.99. The molecule has 0 unspecified atom stereocenters. The first-order valence-electron chi connectivity index (χ1n) is 7.10. The van der Waals surface area contributed by atoms with Gasteiger partial charge in [0, 0.05) is 12.5 Å². The molecule has 2 heterocycles. The molecule has 0 saturated heterocycles. The Hall–Kier alpha value is -1.81. The highest BCUT2D eigenvalue weighted by Crippen LogP contribution is 2.44. The van der Waals surface area contributed by atoms with Crippen molar-refractivity contribution in [2.45, 2.75) is 39.2 Å². The second kappa shape index (κ2) is 4.63. The summed E-state index contributed by atoms with van der Waals surface area (Å²) in [6, 6.07) is 6.14. The van der Waals surface area contributed by atoms with Crippen molar-refractivity contribution in [1.29, 1.82) is 0 Å². The van der Waals surface area contributed by atoms with Crippen LogP contribution in [0.4, 0.5) is 11.4 Å². The number of fused-ring (bicyclic) bond motifs is 3. The second-order valence-corrected chi connectivity index (χ2v) is 5.78. The van der Waals surface area contributed by atoms with Gasteiger partial charge in [-0.25, -0.2) is 0 Å². The number of amidine groups is 1. The van der Waals surface area contributed by atoms with Crippen LogP contribution < -0.4 is 15.0 Å². The zero-order chi connectivity index (χ0) is 14.3. The van der Waals surface area contributed by atoms with Crippen LogP contribution in [-0.4, -0.2) is 18.5 Å². The quantitative estimate of drug-likeness (QED) is 0.851. The van der Waals surface area contributed by atoms with Crippen molar-refractivity contribution < 1.29 is 4.74 Å². The highest BCUT2D eigenvalue weighted by atomic mass is 16.5. The maximum Gasteiger partial charge on any atom is 0.263 e. The van der Waals surface area contributed by atoms with Crippen LogP contribution in [0.1, 0.15) is 33.6 Å². The molecule has 0 saturated carbocycles. The Kier molecular flexibility index (Phi) is 3.05. The molecule has 1 aromatic rings. The molecule has 2 aliphatic heterocycles. The highest BCUT2D eigenvalue weighted by molar-refractivity contribution is 5.98. The van der Waals surface area contributed by atoms with Crippen molar-refractivity contribution in [3.63, 3.8) is 0 Å². The summed E-state index contributed by atoms with van der Waals surface area (Å²) in [6.45, 7) is 6.55. The first-order valence-corrected chi connectivity index (χ1v) is 7.10. The molecule has 1 aromatic carbocycles. The standard InChI is InChI=1S/C16H21N3O/c1-5-6-15-17-10-14-16(2,3)18-12-8-7-11(20-4)9-13(12)19(14)15/h7-10,18H,5-6H2,1-4H3/q+1. The minimum absolute atomic E-state index is 0.124. The van der Waals surface area contributed by atoms with E-state index in [2.05, 4.69) is 48.1 Å². The van der Waals surface area contributed by atoms with Gasteiger partial charge in [0.1, 0.15) is 17.0 Å². The van der Waals surface area contributed by atoms with Gasteiger partial charge >= 0.3 is 0 Å². The number of ether oxygens (including phenoxy) is 1. The Morgan fingerprint density at radius 3 is 2.85 bits per heavy atom. The number of anilines is 2. The van der Waals surface area contributed by atoms with E-state index >= 15 is 0 Å². The van der Waals surface area contributed by atoms with Crippen LogP contribution in [-0.2, 0) is 0 Å². The summed E-state index contributed by atoms with van der Waals surface area (Å²) < 4.78 is 5.36. The van der Waals surface area contributed by atoms with Gasteiger partial charge in [-0.2, -0.15) is 4.99 Å². The number of benzene rings is 1. The SMILES string of the molecule is CCCC1=NC=C2[N+]1c1cc(OC)ccc1NC2(C)C. The molecule has 1 radical (unpaired) electrons. The van der Waals surface area contributed by atoms with Gasteiger partial charge in [-0.1, -0.05) is 6.92 Å². The van der Waals surface area contributed by atoms with Crippen molar-refractivity contribution in [1.82, 2.24) is 4.90 Å². The summed E-state index contributed by atoms with van der Waals surface area (Å²) in [4.78, 5) is 6.90. The highest BCUT2D eigenvalue weighted by Gasteiger charge is 2.49. The Balaban J connectivity index is 2.11. The smallest absolute Gasteiger partial charge is 0.263 e. The maximum atomic E-state index is 5.36. The van der Waals surface area contributed by atoms with Crippen LogP contribution in [0, 0.1) is 0 Å². The van der Waals surface area contributed by atoms with E-state index in [0.29, 0.717) is 0 Å². The van der Waals surface area contributed by atoms with Gasteiger partial charge < -0.3 is 10.1 Å². The van der Waals surface area contributed by atoms with Crippen molar-refractivity contribution in [2.24, 2.45) is 4.99 Å². The van der Waals surface area contributed by atoms with E-state index < -0.39 is 0 Å². The van der Waals surface area contributed by atoms with Crippen LogP contribution in [0.3, 0.4) is 0 Å². The lowest BCUT2D eigenvalue weighted by Gasteiger charge is -2.33. The topological polar surface area (TPSA) is 39.5 Å². The molecule has 0 bridgehead atoms. The number of nitrogens with one attached hydrogen (secondary N) is 1. The van der Waals surface area contributed by atoms with Crippen molar-refractivity contribution in [3.05, 3.63) is 30.1 Å². The monoisotopic (exact) mass is 271 g/mol. The normalized spacial score (nSPS) is 19.6. The van der Waals surface area contributed by atoms with Gasteiger partial charge in [0.05, 0.1) is 13.3 Å². The maximum absolute atomic E-state index is 5.36. The van der Waals surface area contributed by atoms with E-state index in [0.717, 1.165) is 35.8 Å².